The van der Waals surface area contributed by atoms with E-state index in [0.717, 1.165) is 19.3 Å². The number of aliphatic hydroxyl groups excluding tert-OH is 2. The van der Waals surface area contributed by atoms with Gasteiger partial charge in [0.1, 0.15) is 24.4 Å². The van der Waals surface area contributed by atoms with Crippen LogP contribution in [0.1, 0.15) is 131 Å². The summed E-state index contributed by atoms with van der Waals surface area (Å²) in [5.74, 6) is -0.594. The number of ether oxygens (including phenoxy) is 2. The van der Waals surface area contributed by atoms with Crippen molar-refractivity contribution in [1.82, 2.24) is 14.9 Å². The summed E-state index contributed by atoms with van der Waals surface area (Å²) < 4.78 is 36.5. The molecule has 0 spiro atoms. The van der Waals surface area contributed by atoms with Gasteiger partial charge in [-0.3, -0.25) is 13.8 Å². The highest BCUT2D eigenvalue weighted by Gasteiger charge is 2.58. The summed E-state index contributed by atoms with van der Waals surface area (Å²) in [5.41, 5.74) is 5.07. The molecule has 1 fully saturated rings. The SMILES string of the molecule is CCCCCCCCCCCCCCCCCCOC[C@H](COP(=O)(O)OC[C@H]1O[C@@](C#N)(c2ccc3c(N)ccnn23)[C@H](O)[C@@H]1O)NC(=O)c1ccccc1C#N. The van der Waals surface area contributed by atoms with Gasteiger partial charge in [0, 0.05) is 12.8 Å². The van der Waals surface area contributed by atoms with E-state index in [0.29, 0.717) is 17.8 Å². The number of hydrogen-bond acceptors (Lipinski definition) is 12. The summed E-state index contributed by atoms with van der Waals surface area (Å²) in [7, 11) is -4.86. The summed E-state index contributed by atoms with van der Waals surface area (Å²) in [6.45, 7) is 1.36. The standard InChI is InChI=1S/C42H61N6O9P/c1-2-3-4-5-6-7-8-9-10-11-12-13-14-15-16-19-26-54-28-33(47-41(51)34-21-18-17-20-32(34)27-43)29-55-58(52,53)56-30-37-39(49)40(50)42(31-44,57-37)38-23-22-36-35(45)24-25-46-48(36)38/h17-18,20-25,33,37,39-40,49-50H,2-16,19,26,28-30,45H2,1H3,(H,47,51)(H,52,53)/t33-,37-,39-,40-,42+/m1/s1. The number of nitrogen functional groups attached to an aromatic ring is 1. The first-order valence-corrected chi connectivity index (χ1v) is 22.2. The Morgan fingerprint density at radius 1 is 0.931 bits per heavy atom. The highest BCUT2D eigenvalue weighted by molar-refractivity contribution is 7.47. The number of amides is 1. The molecule has 3 heterocycles. The molecule has 1 saturated heterocycles. The summed E-state index contributed by atoms with van der Waals surface area (Å²) >= 11 is 0. The van der Waals surface area contributed by atoms with Crippen LogP contribution in [0.25, 0.3) is 5.52 Å². The predicted octanol–water partition coefficient (Wildman–Crippen LogP) is 6.84. The molecule has 1 aliphatic heterocycles. The first kappa shape index (κ1) is 46.8. The van der Waals surface area contributed by atoms with Crippen LogP contribution in [0.15, 0.2) is 48.7 Å². The van der Waals surface area contributed by atoms with Crippen molar-refractivity contribution in [1.29, 1.82) is 10.5 Å². The van der Waals surface area contributed by atoms with Crippen molar-refractivity contribution in [2.24, 2.45) is 0 Å². The first-order chi connectivity index (χ1) is 28.1. The van der Waals surface area contributed by atoms with E-state index in [-0.39, 0.29) is 23.4 Å². The molecule has 6 N–H and O–H groups in total. The number of aromatic nitrogens is 2. The minimum absolute atomic E-state index is 0.0512. The molecule has 16 heteroatoms. The van der Waals surface area contributed by atoms with Gasteiger partial charge in [0.05, 0.1) is 60.0 Å². The Kier molecular flexibility index (Phi) is 19.6. The Morgan fingerprint density at radius 3 is 2.17 bits per heavy atom. The number of phosphoric acid groups is 1. The van der Waals surface area contributed by atoms with Crippen molar-refractivity contribution in [3.05, 3.63) is 65.5 Å². The average Bonchev–Trinajstić information content (AvgIpc) is 3.77. The van der Waals surface area contributed by atoms with Crippen molar-refractivity contribution in [2.45, 2.75) is 140 Å². The van der Waals surface area contributed by atoms with Crippen molar-refractivity contribution < 1.29 is 43.0 Å². The van der Waals surface area contributed by atoms with Gasteiger partial charge in [0.25, 0.3) is 5.91 Å². The van der Waals surface area contributed by atoms with Gasteiger partial charge in [-0.25, -0.2) is 9.08 Å². The third-order valence-corrected chi connectivity index (χ3v) is 11.5. The van der Waals surface area contributed by atoms with E-state index in [2.05, 4.69) is 17.3 Å². The number of nitriles is 2. The van der Waals surface area contributed by atoms with E-state index in [1.807, 2.05) is 12.1 Å². The van der Waals surface area contributed by atoms with Crippen LogP contribution >= 0.6 is 7.82 Å². The largest absolute Gasteiger partial charge is 0.472 e. The Labute approximate surface area is 342 Å². The van der Waals surface area contributed by atoms with Crippen LogP contribution in [-0.2, 0) is 28.7 Å². The Balaban J connectivity index is 1.21. The van der Waals surface area contributed by atoms with E-state index in [4.69, 9.17) is 24.3 Å². The maximum absolute atomic E-state index is 13.2. The molecular formula is C42H61N6O9P. The quantitative estimate of drug-likeness (QED) is 0.0373. The summed E-state index contributed by atoms with van der Waals surface area (Å²) in [5, 5.41) is 48.4. The van der Waals surface area contributed by atoms with Crippen LogP contribution in [0.2, 0.25) is 0 Å². The molecule has 0 bridgehead atoms. The minimum Gasteiger partial charge on any atom is -0.397 e. The number of phosphoric ester groups is 1. The summed E-state index contributed by atoms with van der Waals surface area (Å²) in [6, 6.07) is 13.9. The minimum atomic E-state index is -4.86. The fourth-order valence-electron chi connectivity index (χ4n) is 7.17. The zero-order valence-electron chi connectivity index (χ0n) is 33.7. The van der Waals surface area contributed by atoms with E-state index in [9.17, 15) is 35.0 Å². The lowest BCUT2D eigenvalue weighted by atomic mass is 9.92. The van der Waals surface area contributed by atoms with E-state index < -0.39 is 56.9 Å². The van der Waals surface area contributed by atoms with Crippen LogP contribution in [0.4, 0.5) is 5.69 Å². The van der Waals surface area contributed by atoms with E-state index in [1.165, 1.54) is 112 Å². The maximum atomic E-state index is 13.2. The molecule has 1 aromatic carbocycles. The molecule has 1 amide bonds. The van der Waals surface area contributed by atoms with Crippen LogP contribution < -0.4 is 11.1 Å². The number of rotatable bonds is 28. The van der Waals surface area contributed by atoms with Crippen molar-refractivity contribution in [2.75, 3.05) is 32.2 Å². The topological polar surface area (TPSA) is 235 Å². The summed E-state index contributed by atoms with van der Waals surface area (Å²) in [4.78, 5) is 23.8. The second-order valence-corrected chi connectivity index (χ2v) is 16.5. The lowest BCUT2D eigenvalue weighted by Gasteiger charge is -2.24. The molecule has 15 nitrogen and oxygen atoms in total. The zero-order chi connectivity index (χ0) is 41.8. The number of anilines is 1. The summed E-state index contributed by atoms with van der Waals surface area (Å²) in [6.07, 6.45) is 16.5. The van der Waals surface area contributed by atoms with Crippen LogP contribution in [0.5, 0.6) is 0 Å². The van der Waals surface area contributed by atoms with Crippen LogP contribution in [-0.4, -0.2) is 81.4 Å². The van der Waals surface area contributed by atoms with Gasteiger partial charge in [-0.05, 0) is 36.8 Å². The normalized spacial score (nSPS) is 20.7. The molecule has 2 aromatic heterocycles. The van der Waals surface area contributed by atoms with Gasteiger partial charge < -0.3 is 35.6 Å². The number of hydrogen-bond donors (Lipinski definition) is 5. The molecule has 4 rings (SSSR count). The van der Waals surface area contributed by atoms with Gasteiger partial charge in [-0.2, -0.15) is 15.6 Å². The number of nitrogens with two attached hydrogens (primary N) is 1. The monoisotopic (exact) mass is 824 g/mol. The van der Waals surface area contributed by atoms with Crippen molar-refractivity contribution in [3.63, 3.8) is 0 Å². The number of fused-ring (bicyclic) bond motifs is 1. The Hall–Kier alpha value is -3.89. The molecule has 0 saturated carbocycles. The highest BCUT2D eigenvalue weighted by atomic mass is 31.2. The molecular weight excluding hydrogens is 763 g/mol. The number of benzene rings is 1. The van der Waals surface area contributed by atoms with Gasteiger partial charge in [0.2, 0.25) is 5.60 Å². The zero-order valence-corrected chi connectivity index (χ0v) is 34.6. The molecule has 3 aromatic rings. The second kappa shape index (κ2) is 24.3. The molecule has 1 unspecified atom stereocenters. The van der Waals surface area contributed by atoms with Gasteiger partial charge in [-0.15, -0.1) is 0 Å². The fraction of sp³-hybridized carbons (Fsp3) is 0.619. The number of unbranched alkanes of at least 4 members (excludes halogenated alkanes) is 15. The molecule has 1 aliphatic rings. The molecule has 318 valence electrons. The average molecular weight is 825 g/mol. The lowest BCUT2D eigenvalue weighted by Crippen LogP contribution is -2.42. The third-order valence-electron chi connectivity index (χ3n) is 10.5. The second-order valence-electron chi connectivity index (χ2n) is 15.0. The first-order valence-electron chi connectivity index (χ1n) is 20.7. The van der Waals surface area contributed by atoms with E-state index >= 15 is 0 Å². The number of nitrogens with zero attached hydrogens (tertiary/aromatic N) is 4. The lowest BCUT2D eigenvalue weighted by molar-refractivity contribution is -0.0645. The number of nitrogens with one attached hydrogen (secondary N) is 1. The predicted molar refractivity (Wildman–Crippen MR) is 218 cm³/mol. The molecule has 58 heavy (non-hydrogen) atoms. The number of carbonyl (C=O) groups excluding carboxylic acids is 1. The van der Waals surface area contributed by atoms with Crippen LogP contribution in [0, 0.1) is 22.7 Å². The fourth-order valence-corrected chi connectivity index (χ4v) is 7.95. The van der Waals surface area contributed by atoms with Gasteiger partial charge in [0.15, 0.2) is 0 Å². The molecule has 6 atom stereocenters. The third kappa shape index (κ3) is 13.6. The Bertz CT molecular complexity index is 1850. The maximum Gasteiger partial charge on any atom is 0.472 e. The molecule has 0 aliphatic carbocycles. The van der Waals surface area contributed by atoms with Crippen molar-refractivity contribution in [3.8, 4) is 12.1 Å². The van der Waals surface area contributed by atoms with Crippen molar-refractivity contribution >= 4 is 24.9 Å². The molecule has 0 radical (unpaired) electrons. The smallest absolute Gasteiger partial charge is 0.397 e. The van der Waals surface area contributed by atoms with Crippen LogP contribution in [0.3, 0.4) is 0 Å². The Morgan fingerprint density at radius 2 is 1.55 bits per heavy atom. The number of aliphatic hydroxyl groups is 2. The number of carbonyl (C=O) groups is 1. The van der Waals surface area contributed by atoms with E-state index in [1.54, 1.807) is 24.3 Å². The van der Waals surface area contributed by atoms with Gasteiger partial charge in [-0.1, -0.05) is 115 Å². The van der Waals surface area contributed by atoms with Gasteiger partial charge >= 0.3 is 7.82 Å². The highest BCUT2D eigenvalue weighted by Crippen LogP contribution is 2.46.